The van der Waals surface area contributed by atoms with Gasteiger partial charge in [0.05, 0.1) is 17.3 Å². The Morgan fingerprint density at radius 3 is 2.52 bits per heavy atom. The summed E-state index contributed by atoms with van der Waals surface area (Å²) >= 11 is 4.72. The standard InChI is InChI=1S/C19H23F3N8S/c1-28(2)16-13(12-25-27-17(23)31)11-24-18(26-16)30-8-6-29(7-9-30)15-5-3-4-14(10-15)19(20,21)22/h3-5,10-12H,6-9H2,1-2H3,(H3,23,27,31). The number of hydrazone groups is 1. The van der Waals surface area contributed by atoms with Crippen LogP contribution in [0.3, 0.4) is 0 Å². The van der Waals surface area contributed by atoms with E-state index in [0.717, 1.165) is 6.07 Å². The average Bonchev–Trinajstić information content (AvgIpc) is 2.73. The largest absolute Gasteiger partial charge is 0.416 e. The van der Waals surface area contributed by atoms with Crippen molar-refractivity contribution in [2.45, 2.75) is 6.18 Å². The monoisotopic (exact) mass is 452 g/mol. The molecule has 0 aliphatic carbocycles. The molecule has 1 fully saturated rings. The van der Waals surface area contributed by atoms with Crippen LogP contribution < -0.4 is 25.9 Å². The van der Waals surface area contributed by atoms with Crippen molar-refractivity contribution in [1.82, 2.24) is 15.4 Å². The molecule has 3 rings (SSSR count). The fourth-order valence-corrected chi connectivity index (χ4v) is 3.24. The number of rotatable bonds is 5. The van der Waals surface area contributed by atoms with Crippen molar-refractivity contribution in [2.24, 2.45) is 10.8 Å². The first kappa shape index (κ1) is 22.5. The lowest BCUT2D eigenvalue weighted by molar-refractivity contribution is -0.137. The molecule has 0 radical (unpaired) electrons. The number of anilines is 3. The van der Waals surface area contributed by atoms with Crippen LogP contribution >= 0.6 is 12.2 Å². The molecule has 2 heterocycles. The summed E-state index contributed by atoms with van der Waals surface area (Å²) in [5.41, 5.74) is 8.44. The number of alkyl halides is 3. The summed E-state index contributed by atoms with van der Waals surface area (Å²) in [6.45, 7) is 2.28. The van der Waals surface area contributed by atoms with Crippen LogP contribution in [-0.4, -0.2) is 61.6 Å². The Bertz CT molecular complexity index is 955. The van der Waals surface area contributed by atoms with E-state index in [2.05, 4.69) is 20.5 Å². The third kappa shape index (κ3) is 5.72. The minimum absolute atomic E-state index is 0.0545. The molecule has 0 amide bonds. The molecule has 1 saturated heterocycles. The van der Waals surface area contributed by atoms with Crippen LogP contribution in [0.1, 0.15) is 11.1 Å². The van der Waals surface area contributed by atoms with Gasteiger partial charge in [-0.25, -0.2) is 4.98 Å². The van der Waals surface area contributed by atoms with Gasteiger partial charge in [-0.1, -0.05) is 6.07 Å². The highest BCUT2D eigenvalue weighted by Gasteiger charge is 2.31. The number of hydrogen-bond donors (Lipinski definition) is 2. The van der Waals surface area contributed by atoms with Gasteiger partial charge in [0.2, 0.25) is 5.95 Å². The van der Waals surface area contributed by atoms with Crippen molar-refractivity contribution >= 4 is 41.0 Å². The third-order valence-electron chi connectivity index (χ3n) is 4.69. The van der Waals surface area contributed by atoms with E-state index in [-0.39, 0.29) is 5.11 Å². The fraction of sp³-hybridized carbons (Fsp3) is 0.368. The van der Waals surface area contributed by atoms with E-state index in [1.165, 1.54) is 18.3 Å². The fourth-order valence-electron chi connectivity index (χ4n) is 3.18. The summed E-state index contributed by atoms with van der Waals surface area (Å²) in [7, 11) is 3.71. The zero-order valence-electron chi connectivity index (χ0n) is 17.1. The van der Waals surface area contributed by atoms with Crippen molar-refractivity contribution in [3.8, 4) is 0 Å². The predicted octanol–water partition coefficient (Wildman–Crippen LogP) is 2.06. The van der Waals surface area contributed by atoms with Crippen LogP contribution in [-0.2, 0) is 6.18 Å². The van der Waals surface area contributed by atoms with Crippen LogP contribution in [0.4, 0.5) is 30.6 Å². The quantitative estimate of drug-likeness (QED) is 0.405. The van der Waals surface area contributed by atoms with Crippen molar-refractivity contribution < 1.29 is 13.2 Å². The van der Waals surface area contributed by atoms with Gasteiger partial charge in [-0.05, 0) is 30.4 Å². The smallest absolute Gasteiger partial charge is 0.375 e. The van der Waals surface area contributed by atoms with E-state index in [0.29, 0.717) is 49.2 Å². The van der Waals surface area contributed by atoms with E-state index < -0.39 is 11.7 Å². The molecular formula is C19H23F3N8S. The summed E-state index contributed by atoms with van der Waals surface area (Å²) < 4.78 is 39.0. The highest BCUT2D eigenvalue weighted by molar-refractivity contribution is 7.80. The molecular weight excluding hydrogens is 429 g/mol. The van der Waals surface area contributed by atoms with E-state index in [4.69, 9.17) is 18.0 Å². The lowest BCUT2D eigenvalue weighted by Crippen LogP contribution is -2.47. The Balaban J connectivity index is 1.71. The first-order valence-corrected chi connectivity index (χ1v) is 9.86. The van der Waals surface area contributed by atoms with Gasteiger partial charge < -0.3 is 20.4 Å². The van der Waals surface area contributed by atoms with Crippen molar-refractivity contribution in [1.29, 1.82) is 0 Å². The molecule has 0 unspecified atom stereocenters. The molecule has 31 heavy (non-hydrogen) atoms. The molecule has 1 aliphatic rings. The SMILES string of the molecule is CN(C)c1nc(N2CCN(c3cccc(C(F)(F)F)c3)CC2)ncc1C=NNC(N)=S. The second kappa shape index (κ2) is 9.33. The van der Waals surface area contributed by atoms with E-state index in [9.17, 15) is 13.2 Å². The summed E-state index contributed by atoms with van der Waals surface area (Å²) in [6, 6.07) is 5.40. The number of aromatic nitrogens is 2. The number of thiocarbonyl (C=S) groups is 1. The molecule has 1 aromatic heterocycles. The lowest BCUT2D eigenvalue weighted by atomic mass is 10.1. The lowest BCUT2D eigenvalue weighted by Gasteiger charge is -2.36. The second-order valence-electron chi connectivity index (χ2n) is 7.10. The van der Waals surface area contributed by atoms with Gasteiger partial charge in [-0.15, -0.1) is 0 Å². The summed E-state index contributed by atoms with van der Waals surface area (Å²) in [4.78, 5) is 14.8. The molecule has 3 N–H and O–H groups in total. The Labute approximate surface area is 183 Å². The first-order chi connectivity index (χ1) is 14.6. The average molecular weight is 453 g/mol. The molecule has 0 saturated carbocycles. The zero-order chi connectivity index (χ0) is 22.6. The van der Waals surface area contributed by atoms with Gasteiger partial charge >= 0.3 is 6.18 Å². The van der Waals surface area contributed by atoms with Crippen LogP contribution in [0, 0.1) is 0 Å². The van der Waals surface area contributed by atoms with Gasteiger partial charge in [0.1, 0.15) is 5.82 Å². The van der Waals surface area contributed by atoms with Gasteiger partial charge in [0.25, 0.3) is 0 Å². The number of piperazine rings is 1. The van der Waals surface area contributed by atoms with Gasteiger partial charge in [0.15, 0.2) is 5.11 Å². The number of nitrogens with two attached hydrogens (primary N) is 1. The highest BCUT2D eigenvalue weighted by Crippen LogP contribution is 2.32. The summed E-state index contributed by atoms with van der Waals surface area (Å²) in [5, 5.41) is 4.00. The Kier molecular flexibility index (Phi) is 6.78. The number of halogens is 3. The maximum Gasteiger partial charge on any atom is 0.416 e. The molecule has 1 aromatic carbocycles. The predicted molar refractivity (Wildman–Crippen MR) is 120 cm³/mol. The molecule has 12 heteroatoms. The molecule has 0 atom stereocenters. The molecule has 1 aliphatic heterocycles. The number of hydrogen-bond acceptors (Lipinski definition) is 7. The summed E-state index contributed by atoms with van der Waals surface area (Å²) in [6.07, 6.45) is -1.17. The Morgan fingerprint density at radius 2 is 1.90 bits per heavy atom. The van der Waals surface area contributed by atoms with Crippen LogP contribution in [0.2, 0.25) is 0 Å². The molecule has 2 aromatic rings. The van der Waals surface area contributed by atoms with Crippen molar-refractivity contribution in [3.05, 3.63) is 41.6 Å². The number of benzene rings is 1. The molecule has 0 bridgehead atoms. The second-order valence-corrected chi connectivity index (χ2v) is 7.54. The third-order valence-corrected chi connectivity index (χ3v) is 4.78. The zero-order valence-corrected chi connectivity index (χ0v) is 17.9. The maximum absolute atomic E-state index is 13.0. The summed E-state index contributed by atoms with van der Waals surface area (Å²) in [5.74, 6) is 1.21. The number of nitrogens with zero attached hydrogens (tertiary/aromatic N) is 6. The topological polar surface area (TPSA) is 85.9 Å². The van der Waals surface area contributed by atoms with Crippen molar-refractivity contribution in [3.63, 3.8) is 0 Å². The van der Waals surface area contributed by atoms with Gasteiger partial charge in [-0.3, -0.25) is 5.43 Å². The van der Waals surface area contributed by atoms with Gasteiger partial charge in [-0.2, -0.15) is 23.3 Å². The van der Waals surface area contributed by atoms with Gasteiger partial charge in [0, 0.05) is 52.2 Å². The first-order valence-electron chi connectivity index (χ1n) is 9.45. The molecule has 166 valence electrons. The van der Waals surface area contributed by atoms with E-state index in [1.54, 1.807) is 12.3 Å². The normalized spacial score (nSPS) is 14.7. The maximum atomic E-state index is 13.0. The molecule has 8 nitrogen and oxygen atoms in total. The van der Waals surface area contributed by atoms with Crippen LogP contribution in [0.5, 0.6) is 0 Å². The Hall–Kier alpha value is -3.15. The molecule has 0 spiro atoms. The minimum atomic E-state index is -4.36. The Morgan fingerprint density at radius 1 is 1.23 bits per heavy atom. The van der Waals surface area contributed by atoms with Crippen molar-refractivity contribution in [2.75, 3.05) is 55.0 Å². The van der Waals surface area contributed by atoms with E-state index >= 15 is 0 Å². The van der Waals surface area contributed by atoms with E-state index in [1.807, 2.05) is 28.8 Å². The minimum Gasteiger partial charge on any atom is -0.375 e. The van der Waals surface area contributed by atoms with Crippen LogP contribution in [0.25, 0.3) is 0 Å². The van der Waals surface area contributed by atoms with Crippen LogP contribution in [0.15, 0.2) is 35.6 Å². The number of nitrogens with one attached hydrogen (secondary N) is 1. The highest BCUT2D eigenvalue weighted by atomic mass is 32.1.